The second-order valence-electron chi connectivity index (χ2n) is 4.77. The monoisotopic (exact) mass is 248 g/mol. The van der Waals surface area contributed by atoms with E-state index in [1.54, 1.807) is 4.31 Å². The van der Waals surface area contributed by atoms with Crippen LogP contribution in [0.1, 0.15) is 39.5 Å². The molecule has 5 heteroatoms. The molecular weight excluding hydrogens is 224 g/mol. The molecule has 0 aromatic heterocycles. The van der Waals surface area contributed by atoms with Crippen molar-refractivity contribution in [1.82, 2.24) is 4.31 Å². The zero-order valence-electron chi connectivity index (χ0n) is 10.4. The molecule has 0 aromatic rings. The molecule has 2 unspecified atom stereocenters. The number of nitrogens with two attached hydrogens (primary N) is 1. The van der Waals surface area contributed by atoms with Crippen molar-refractivity contribution in [2.45, 2.75) is 45.6 Å². The lowest BCUT2D eigenvalue weighted by molar-refractivity contribution is 0.211. The molecule has 96 valence electrons. The molecule has 0 bridgehead atoms. The van der Waals surface area contributed by atoms with Gasteiger partial charge in [-0.2, -0.15) is 4.31 Å². The van der Waals surface area contributed by atoms with E-state index >= 15 is 0 Å². The Kier molecular flexibility index (Phi) is 5.21. The van der Waals surface area contributed by atoms with E-state index in [0.717, 1.165) is 25.7 Å². The maximum Gasteiger partial charge on any atom is 0.214 e. The molecule has 0 spiro atoms. The lowest BCUT2D eigenvalue weighted by Crippen LogP contribution is -2.47. The molecule has 2 N–H and O–H groups in total. The predicted octanol–water partition coefficient (Wildman–Crippen LogP) is 1.18. The Hall–Kier alpha value is -0.130. The number of hydrogen-bond acceptors (Lipinski definition) is 3. The van der Waals surface area contributed by atoms with Crippen molar-refractivity contribution in [3.05, 3.63) is 0 Å². The maximum atomic E-state index is 12.1. The highest BCUT2D eigenvalue weighted by Crippen LogP contribution is 2.24. The number of piperidine rings is 1. The van der Waals surface area contributed by atoms with Gasteiger partial charge in [-0.05, 0) is 38.6 Å². The Morgan fingerprint density at radius 2 is 2.06 bits per heavy atom. The van der Waals surface area contributed by atoms with Crippen LogP contribution in [0.2, 0.25) is 0 Å². The molecule has 1 aliphatic rings. The van der Waals surface area contributed by atoms with Gasteiger partial charge in [0.05, 0.1) is 5.75 Å². The Morgan fingerprint density at radius 3 is 2.62 bits per heavy atom. The first-order chi connectivity index (χ1) is 7.51. The normalized spacial score (nSPS) is 28.2. The zero-order chi connectivity index (χ0) is 12.2. The largest absolute Gasteiger partial charge is 0.330 e. The van der Waals surface area contributed by atoms with Gasteiger partial charge in [0, 0.05) is 12.6 Å². The SMILES string of the molecule is CCCCS(=O)(=O)N1CC(CN)CCC1C. The summed E-state index contributed by atoms with van der Waals surface area (Å²) in [5, 5.41) is 0. The standard InChI is InChI=1S/C11H24N2O2S/c1-3-4-7-16(14,15)13-9-11(8-12)6-5-10(13)2/h10-11H,3-9,12H2,1-2H3. The van der Waals surface area contributed by atoms with Crippen LogP contribution in [-0.4, -0.2) is 37.6 Å². The van der Waals surface area contributed by atoms with Gasteiger partial charge in [-0.1, -0.05) is 13.3 Å². The molecule has 0 saturated carbocycles. The molecule has 2 atom stereocenters. The molecule has 1 fully saturated rings. The summed E-state index contributed by atoms with van der Waals surface area (Å²) in [5.41, 5.74) is 5.63. The Labute approximate surface area is 99.2 Å². The van der Waals surface area contributed by atoms with Gasteiger partial charge in [-0.25, -0.2) is 8.42 Å². The smallest absolute Gasteiger partial charge is 0.214 e. The minimum Gasteiger partial charge on any atom is -0.330 e. The van der Waals surface area contributed by atoms with E-state index in [-0.39, 0.29) is 11.8 Å². The summed E-state index contributed by atoms with van der Waals surface area (Å²) in [6.45, 7) is 5.21. The highest BCUT2D eigenvalue weighted by atomic mass is 32.2. The highest BCUT2D eigenvalue weighted by Gasteiger charge is 2.32. The third-order valence-electron chi connectivity index (χ3n) is 3.37. The molecular formula is C11H24N2O2S. The topological polar surface area (TPSA) is 63.4 Å². The molecule has 1 rings (SSSR count). The minimum absolute atomic E-state index is 0.143. The molecule has 0 aliphatic carbocycles. The highest BCUT2D eigenvalue weighted by molar-refractivity contribution is 7.89. The first kappa shape index (κ1) is 13.9. The minimum atomic E-state index is -3.06. The summed E-state index contributed by atoms with van der Waals surface area (Å²) < 4.78 is 25.9. The van der Waals surface area contributed by atoms with Crippen LogP contribution in [0.15, 0.2) is 0 Å². The second kappa shape index (κ2) is 5.98. The molecule has 1 aliphatic heterocycles. The van der Waals surface area contributed by atoms with Gasteiger partial charge in [0.15, 0.2) is 0 Å². The van der Waals surface area contributed by atoms with E-state index in [9.17, 15) is 8.42 Å². The van der Waals surface area contributed by atoms with E-state index in [1.165, 1.54) is 0 Å². The van der Waals surface area contributed by atoms with Crippen molar-refractivity contribution in [3.8, 4) is 0 Å². The van der Waals surface area contributed by atoms with Crippen LogP contribution in [0.25, 0.3) is 0 Å². The zero-order valence-corrected chi connectivity index (χ0v) is 11.2. The molecule has 0 radical (unpaired) electrons. The van der Waals surface area contributed by atoms with E-state index in [2.05, 4.69) is 0 Å². The fraction of sp³-hybridized carbons (Fsp3) is 1.00. The van der Waals surface area contributed by atoms with Crippen LogP contribution < -0.4 is 5.73 Å². The van der Waals surface area contributed by atoms with E-state index in [0.29, 0.717) is 19.0 Å². The third kappa shape index (κ3) is 3.43. The number of hydrogen-bond donors (Lipinski definition) is 1. The van der Waals surface area contributed by atoms with Crippen molar-refractivity contribution >= 4 is 10.0 Å². The van der Waals surface area contributed by atoms with Gasteiger partial charge in [0.2, 0.25) is 10.0 Å². The molecule has 0 aromatic carbocycles. The van der Waals surface area contributed by atoms with Crippen molar-refractivity contribution in [2.75, 3.05) is 18.8 Å². The molecule has 4 nitrogen and oxygen atoms in total. The van der Waals surface area contributed by atoms with Crippen molar-refractivity contribution in [2.24, 2.45) is 11.7 Å². The van der Waals surface area contributed by atoms with Gasteiger partial charge in [-0.15, -0.1) is 0 Å². The van der Waals surface area contributed by atoms with Crippen LogP contribution in [0.5, 0.6) is 0 Å². The number of sulfonamides is 1. The second-order valence-corrected chi connectivity index (χ2v) is 6.81. The van der Waals surface area contributed by atoms with Gasteiger partial charge in [0.25, 0.3) is 0 Å². The summed E-state index contributed by atoms with van der Waals surface area (Å²) in [7, 11) is -3.06. The summed E-state index contributed by atoms with van der Waals surface area (Å²) >= 11 is 0. The van der Waals surface area contributed by atoms with Gasteiger partial charge < -0.3 is 5.73 Å². The molecule has 16 heavy (non-hydrogen) atoms. The first-order valence-corrected chi connectivity index (χ1v) is 7.81. The van der Waals surface area contributed by atoms with Crippen molar-refractivity contribution in [3.63, 3.8) is 0 Å². The Morgan fingerprint density at radius 1 is 1.38 bits per heavy atom. The van der Waals surface area contributed by atoms with Crippen molar-refractivity contribution < 1.29 is 8.42 Å². The fourth-order valence-electron chi connectivity index (χ4n) is 2.17. The number of unbranched alkanes of at least 4 members (excludes halogenated alkanes) is 1. The first-order valence-electron chi connectivity index (χ1n) is 6.20. The van der Waals surface area contributed by atoms with E-state index < -0.39 is 10.0 Å². The van der Waals surface area contributed by atoms with Crippen LogP contribution in [0, 0.1) is 5.92 Å². The van der Waals surface area contributed by atoms with Crippen LogP contribution >= 0.6 is 0 Å². The quantitative estimate of drug-likeness (QED) is 0.794. The number of rotatable bonds is 5. The Balaban J connectivity index is 2.68. The lowest BCUT2D eigenvalue weighted by atomic mass is 9.96. The third-order valence-corrected chi connectivity index (χ3v) is 5.40. The maximum absolute atomic E-state index is 12.1. The van der Waals surface area contributed by atoms with Gasteiger partial charge >= 0.3 is 0 Å². The van der Waals surface area contributed by atoms with Crippen LogP contribution in [0.4, 0.5) is 0 Å². The number of nitrogens with zero attached hydrogens (tertiary/aromatic N) is 1. The fourth-order valence-corrected chi connectivity index (χ4v) is 4.15. The molecule has 0 amide bonds. The molecule has 1 saturated heterocycles. The van der Waals surface area contributed by atoms with Crippen LogP contribution in [0.3, 0.4) is 0 Å². The average Bonchev–Trinajstić information content (AvgIpc) is 2.27. The lowest BCUT2D eigenvalue weighted by Gasteiger charge is -2.36. The molecule has 1 heterocycles. The summed E-state index contributed by atoms with van der Waals surface area (Å²) in [6.07, 6.45) is 3.66. The van der Waals surface area contributed by atoms with Crippen molar-refractivity contribution in [1.29, 1.82) is 0 Å². The van der Waals surface area contributed by atoms with Gasteiger partial charge in [0.1, 0.15) is 0 Å². The predicted molar refractivity (Wildman–Crippen MR) is 66.6 cm³/mol. The summed E-state index contributed by atoms with van der Waals surface area (Å²) in [6, 6.07) is 0.143. The van der Waals surface area contributed by atoms with Crippen LogP contribution in [-0.2, 0) is 10.0 Å². The van der Waals surface area contributed by atoms with E-state index in [4.69, 9.17) is 5.73 Å². The Bertz CT molecular complexity index is 303. The van der Waals surface area contributed by atoms with Gasteiger partial charge in [-0.3, -0.25) is 0 Å². The summed E-state index contributed by atoms with van der Waals surface area (Å²) in [4.78, 5) is 0. The van der Waals surface area contributed by atoms with E-state index in [1.807, 2.05) is 13.8 Å². The summed E-state index contributed by atoms with van der Waals surface area (Å²) in [5.74, 6) is 0.623. The average molecular weight is 248 g/mol.